The number of hydrogen-bond donors (Lipinski definition) is 1. The molecule has 5 heterocycles. The minimum atomic E-state index is -0.723. The number of aliphatic hydroxyl groups is 1. The quantitative estimate of drug-likeness (QED) is 0.611. The number of tetrazole rings is 1. The number of ether oxygens (including phenoxy) is 1. The highest BCUT2D eigenvalue weighted by atomic mass is 16.5. The van der Waals surface area contributed by atoms with Crippen LogP contribution in [-0.4, -0.2) is 84.3 Å². The third kappa shape index (κ3) is 3.78. The molecule has 4 aliphatic rings. The number of carbonyl (C=O) groups is 2. The summed E-state index contributed by atoms with van der Waals surface area (Å²) in [6.07, 6.45) is 8.53. The Bertz CT molecular complexity index is 1100. The molecular weight excluding hydrogens is 438 g/mol. The van der Waals surface area contributed by atoms with Crippen LogP contribution in [0, 0.1) is 11.3 Å². The molecule has 1 N–H and O–H groups in total. The maximum Gasteiger partial charge on any atom is 0.333 e. The minimum absolute atomic E-state index is 0.147. The maximum atomic E-state index is 13.6. The Balaban J connectivity index is 1.10. The van der Waals surface area contributed by atoms with Gasteiger partial charge in [-0.2, -0.15) is 4.68 Å². The highest BCUT2D eigenvalue weighted by Crippen LogP contribution is 2.52. The fourth-order valence-electron chi connectivity index (χ4n) is 5.62. The van der Waals surface area contributed by atoms with Gasteiger partial charge in [0.2, 0.25) is 5.91 Å². The number of nitrogens with zero attached hydrogens (tertiary/aromatic N) is 7. The number of esters is 1. The predicted molar refractivity (Wildman–Crippen MR) is 117 cm³/mol. The van der Waals surface area contributed by atoms with Crippen LogP contribution in [0.15, 0.2) is 36.4 Å². The van der Waals surface area contributed by atoms with Crippen LogP contribution in [0.3, 0.4) is 0 Å². The van der Waals surface area contributed by atoms with Crippen LogP contribution < -0.4 is 0 Å². The summed E-state index contributed by atoms with van der Waals surface area (Å²) >= 11 is 0. The molecule has 0 bridgehead atoms. The molecule has 2 aromatic rings. The Morgan fingerprint density at radius 2 is 2.03 bits per heavy atom. The highest BCUT2D eigenvalue weighted by molar-refractivity contribution is 5.91. The number of pyridine rings is 1. The molecule has 11 heteroatoms. The molecule has 3 fully saturated rings. The van der Waals surface area contributed by atoms with Crippen LogP contribution in [0.5, 0.6) is 0 Å². The van der Waals surface area contributed by atoms with Gasteiger partial charge in [-0.25, -0.2) is 4.79 Å². The first-order chi connectivity index (χ1) is 16.5. The summed E-state index contributed by atoms with van der Waals surface area (Å²) in [5, 5.41) is 21.8. The standard InChI is InChI=1S/C23H27N7O4/c31-20(18-4-3-16(11-24-18)29-14-25-26-27-29)12-28-7-5-23(6-8-28)10-19(15-1-2-15)30(22(23)33)17-9-21(32)34-13-17/h3-4,9,11,14-15,19-20,31H,1-2,5-8,10,12-13H2/t19?,20-/m0/s1. The Morgan fingerprint density at radius 3 is 2.65 bits per heavy atom. The van der Waals surface area contributed by atoms with Crippen molar-refractivity contribution in [3.63, 3.8) is 0 Å². The van der Waals surface area contributed by atoms with Crippen LogP contribution in [0.25, 0.3) is 5.69 Å². The zero-order valence-electron chi connectivity index (χ0n) is 18.8. The van der Waals surface area contributed by atoms with Gasteiger partial charge in [0, 0.05) is 18.7 Å². The average Bonchev–Trinajstić information content (AvgIpc) is 3.24. The first kappa shape index (κ1) is 21.4. The van der Waals surface area contributed by atoms with Gasteiger partial charge in [0.05, 0.1) is 28.7 Å². The molecule has 34 heavy (non-hydrogen) atoms. The lowest BCUT2D eigenvalue weighted by molar-refractivity contribution is -0.139. The summed E-state index contributed by atoms with van der Waals surface area (Å²) < 4.78 is 6.61. The number of carbonyl (C=O) groups excluding carboxylic acids is 2. The van der Waals surface area contributed by atoms with Gasteiger partial charge in [-0.3, -0.25) is 9.78 Å². The van der Waals surface area contributed by atoms with Crippen molar-refractivity contribution in [3.8, 4) is 5.69 Å². The summed E-state index contributed by atoms with van der Waals surface area (Å²) in [4.78, 5) is 33.7. The lowest BCUT2D eigenvalue weighted by atomic mass is 9.75. The zero-order valence-corrected chi connectivity index (χ0v) is 18.8. The molecule has 1 aliphatic carbocycles. The minimum Gasteiger partial charge on any atom is -0.456 e. The molecule has 0 radical (unpaired) electrons. The predicted octanol–water partition coefficient (Wildman–Crippen LogP) is 0.624. The van der Waals surface area contributed by atoms with Gasteiger partial charge in [0.25, 0.3) is 0 Å². The third-order valence-electron chi connectivity index (χ3n) is 7.70. The number of piperidine rings is 1. The van der Waals surface area contributed by atoms with Gasteiger partial charge < -0.3 is 19.6 Å². The van der Waals surface area contributed by atoms with Crippen molar-refractivity contribution >= 4 is 11.9 Å². The van der Waals surface area contributed by atoms with E-state index in [1.807, 2.05) is 11.0 Å². The van der Waals surface area contributed by atoms with Crippen LogP contribution in [0.1, 0.15) is 43.9 Å². The van der Waals surface area contributed by atoms with Crippen molar-refractivity contribution in [2.24, 2.45) is 11.3 Å². The summed E-state index contributed by atoms with van der Waals surface area (Å²) in [6.45, 7) is 2.14. The van der Waals surface area contributed by atoms with E-state index in [1.165, 1.54) is 17.1 Å². The molecule has 11 nitrogen and oxygen atoms in total. The van der Waals surface area contributed by atoms with Crippen molar-refractivity contribution in [3.05, 3.63) is 42.1 Å². The van der Waals surface area contributed by atoms with Crippen molar-refractivity contribution in [1.29, 1.82) is 0 Å². The maximum absolute atomic E-state index is 13.6. The summed E-state index contributed by atoms with van der Waals surface area (Å²) in [5.41, 5.74) is 1.65. The lowest BCUT2D eigenvalue weighted by Crippen LogP contribution is -2.45. The van der Waals surface area contributed by atoms with Crippen molar-refractivity contribution in [2.75, 3.05) is 26.2 Å². The number of amides is 1. The second-order valence-electron chi connectivity index (χ2n) is 9.82. The van der Waals surface area contributed by atoms with Crippen molar-refractivity contribution in [1.82, 2.24) is 35.0 Å². The first-order valence-electron chi connectivity index (χ1n) is 11.8. The molecule has 178 valence electrons. The van der Waals surface area contributed by atoms with E-state index in [1.54, 1.807) is 12.3 Å². The third-order valence-corrected chi connectivity index (χ3v) is 7.70. The number of hydrogen-bond acceptors (Lipinski definition) is 9. The molecule has 1 amide bonds. The van der Waals surface area contributed by atoms with Gasteiger partial charge >= 0.3 is 5.97 Å². The fraction of sp³-hybridized carbons (Fsp3) is 0.565. The number of rotatable bonds is 6. The zero-order chi connectivity index (χ0) is 23.3. The molecule has 2 atom stereocenters. The molecule has 6 rings (SSSR count). The van der Waals surface area contributed by atoms with E-state index in [0.29, 0.717) is 18.2 Å². The topological polar surface area (TPSA) is 127 Å². The van der Waals surface area contributed by atoms with Crippen LogP contribution in [0.2, 0.25) is 0 Å². The fourth-order valence-corrected chi connectivity index (χ4v) is 5.62. The van der Waals surface area contributed by atoms with E-state index in [2.05, 4.69) is 25.4 Å². The number of aromatic nitrogens is 5. The number of aliphatic hydroxyl groups excluding tert-OH is 1. The van der Waals surface area contributed by atoms with Crippen molar-refractivity contribution in [2.45, 2.75) is 44.2 Å². The second kappa shape index (κ2) is 8.24. The largest absolute Gasteiger partial charge is 0.456 e. The Labute approximate surface area is 196 Å². The Kier molecular flexibility index (Phi) is 5.18. The molecule has 2 aromatic heterocycles. The smallest absolute Gasteiger partial charge is 0.333 e. The molecule has 2 saturated heterocycles. The lowest BCUT2D eigenvalue weighted by Gasteiger charge is -2.38. The van der Waals surface area contributed by atoms with Gasteiger partial charge in [0.15, 0.2) is 0 Å². The molecule has 1 saturated carbocycles. The van der Waals surface area contributed by atoms with E-state index >= 15 is 0 Å². The second-order valence-corrected chi connectivity index (χ2v) is 9.82. The van der Waals surface area contributed by atoms with Gasteiger partial charge in [-0.05, 0) is 73.7 Å². The summed E-state index contributed by atoms with van der Waals surface area (Å²) in [6, 6.07) is 3.78. The summed E-state index contributed by atoms with van der Waals surface area (Å²) in [5.74, 6) is 0.317. The van der Waals surface area contributed by atoms with Gasteiger partial charge in [-0.1, -0.05) is 0 Å². The van der Waals surface area contributed by atoms with Crippen LogP contribution >= 0.6 is 0 Å². The molecule has 0 aromatic carbocycles. The number of β-amino-alcohol motifs (C(OH)–C–C–N with tert-alkyl or cyclic N) is 1. The average molecular weight is 466 g/mol. The monoisotopic (exact) mass is 465 g/mol. The summed E-state index contributed by atoms with van der Waals surface area (Å²) in [7, 11) is 0. The van der Waals surface area contributed by atoms with E-state index in [-0.39, 0.29) is 29.9 Å². The number of likely N-dealkylation sites (tertiary alicyclic amines) is 2. The van der Waals surface area contributed by atoms with Gasteiger partial charge in [-0.15, -0.1) is 5.10 Å². The van der Waals surface area contributed by atoms with E-state index in [9.17, 15) is 14.7 Å². The Morgan fingerprint density at radius 1 is 1.21 bits per heavy atom. The first-order valence-corrected chi connectivity index (χ1v) is 11.8. The molecular formula is C23H27N7O4. The molecule has 1 spiro atoms. The molecule has 1 unspecified atom stereocenters. The van der Waals surface area contributed by atoms with Crippen LogP contribution in [0.4, 0.5) is 0 Å². The Hall–Kier alpha value is -3.18. The van der Waals surface area contributed by atoms with E-state index < -0.39 is 6.10 Å². The van der Waals surface area contributed by atoms with Gasteiger partial charge in [0.1, 0.15) is 19.0 Å². The van der Waals surface area contributed by atoms with E-state index in [0.717, 1.165) is 56.6 Å². The van der Waals surface area contributed by atoms with Crippen LogP contribution in [-0.2, 0) is 14.3 Å². The molecule has 3 aliphatic heterocycles. The van der Waals surface area contributed by atoms with E-state index in [4.69, 9.17) is 4.74 Å². The van der Waals surface area contributed by atoms with Crippen molar-refractivity contribution < 1.29 is 19.4 Å². The SMILES string of the molecule is O=C1C=C(N2C(=O)C3(CCN(C[C@H](O)c4ccc(-n5cnnn5)cn4)CC3)CC2C2CC2)CO1. The highest BCUT2D eigenvalue weighted by Gasteiger charge is 2.57. The normalized spacial score (nSPS) is 25.6. The number of cyclic esters (lactones) is 1.